The summed E-state index contributed by atoms with van der Waals surface area (Å²) in [6.07, 6.45) is 7.86. The van der Waals surface area contributed by atoms with Crippen molar-refractivity contribution < 1.29 is 9.90 Å². The fourth-order valence-corrected chi connectivity index (χ4v) is 3.48. The maximum atomic E-state index is 12.8. The summed E-state index contributed by atoms with van der Waals surface area (Å²) < 4.78 is 0. The zero-order valence-corrected chi connectivity index (χ0v) is 17.4. The topological polar surface area (TPSA) is 43.8 Å². The van der Waals surface area contributed by atoms with Gasteiger partial charge in [-0.2, -0.15) is 0 Å². The molecule has 1 aromatic rings. The van der Waals surface area contributed by atoms with Crippen LogP contribution in [0.5, 0.6) is 5.75 Å². The fourth-order valence-electron chi connectivity index (χ4n) is 3.24. The second kappa shape index (κ2) is 10.8. The molecule has 6 heteroatoms. The smallest absolute Gasteiger partial charge is 0.246 e. The lowest BCUT2D eigenvalue weighted by atomic mass is 9.86. The van der Waals surface area contributed by atoms with Crippen molar-refractivity contribution in [2.24, 2.45) is 5.92 Å². The summed E-state index contributed by atoms with van der Waals surface area (Å²) in [5.41, 5.74) is 0.734. The van der Waals surface area contributed by atoms with Crippen LogP contribution in [-0.2, 0) is 4.79 Å². The van der Waals surface area contributed by atoms with E-state index in [0.29, 0.717) is 11.1 Å². The van der Waals surface area contributed by atoms with Crippen molar-refractivity contribution >= 4 is 36.0 Å². The zero-order chi connectivity index (χ0) is 18.4. The molecule has 0 aromatic heterocycles. The predicted octanol–water partition coefficient (Wildman–Crippen LogP) is 4.45. The summed E-state index contributed by atoms with van der Waals surface area (Å²) in [6.45, 7) is 3.87. The number of rotatable bonds is 6. The lowest BCUT2D eigenvalue weighted by Crippen LogP contribution is -2.44. The molecule has 1 aliphatic rings. The molecule has 0 unspecified atom stereocenters. The molecule has 4 nitrogen and oxygen atoms in total. The van der Waals surface area contributed by atoms with Gasteiger partial charge in [0.2, 0.25) is 5.91 Å². The lowest BCUT2D eigenvalue weighted by Gasteiger charge is -2.36. The van der Waals surface area contributed by atoms with Crippen molar-refractivity contribution in [1.29, 1.82) is 0 Å². The second-order valence-electron chi connectivity index (χ2n) is 7.29. The molecule has 146 valence electrons. The van der Waals surface area contributed by atoms with Gasteiger partial charge in [-0.1, -0.05) is 18.5 Å². The molecule has 0 aliphatic heterocycles. The van der Waals surface area contributed by atoms with Crippen molar-refractivity contribution in [3.63, 3.8) is 0 Å². The van der Waals surface area contributed by atoms with Crippen LogP contribution in [0.2, 0.25) is 5.02 Å². The Labute approximate surface area is 168 Å². The average Bonchev–Trinajstić information content (AvgIpc) is 2.55. The maximum absolute atomic E-state index is 12.8. The number of likely N-dealkylation sites (N-methyl/N-ethyl adjacent to an activating group) is 1. The van der Waals surface area contributed by atoms with Gasteiger partial charge in [0.05, 0.1) is 5.02 Å². The van der Waals surface area contributed by atoms with Crippen LogP contribution >= 0.6 is 24.0 Å². The first-order chi connectivity index (χ1) is 11.9. The molecular formula is C20H30Cl2N2O2. The summed E-state index contributed by atoms with van der Waals surface area (Å²) in [5.74, 6) is 0.913. The molecule has 0 atom stereocenters. The van der Waals surface area contributed by atoms with Crippen molar-refractivity contribution in [3.05, 3.63) is 34.9 Å². The van der Waals surface area contributed by atoms with Gasteiger partial charge in [-0.05, 0) is 75.5 Å². The highest BCUT2D eigenvalue weighted by Gasteiger charge is 2.26. The van der Waals surface area contributed by atoms with Crippen LogP contribution in [0.4, 0.5) is 0 Å². The molecule has 1 N–H and O–H groups in total. The van der Waals surface area contributed by atoms with E-state index in [2.05, 4.69) is 11.8 Å². The third-order valence-corrected chi connectivity index (χ3v) is 5.21. The quantitative estimate of drug-likeness (QED) is 0.717. The van der Waals surface area contributed by atoms with Gasteiger partial charge in [0, 0.05) is 25.2 Å². The Balaban J connectivity index is 0.00000338. The molecule has 1 aliphatic carbocycles. The molecule has 26 heavy (non-hydrogen) atoms. The monoisotopic (exact) mass is 400 g/mol. The zero-order valence-electron chi connectivity index (χ0n) is 15.8. The van der Waals surface area contributed by atoms with Gasteiger partial charge in [-0.25, -0.2) is 0 Å². The first-order valence-corrected chi connectivity index (χ1v) is 9.36. The minimum atomic E-state index is 0. The Morgan fingerprint density at radius 1 is 1.23 bits per heavy atom. The summed E-state index contributed by atoms with van der Waals surface area (Å²) in [5, 5.41) is 9.87. The van der Waals surface area contributed by atoms with E-state index >= 15 is 0 Å². The Hall–Kier alpha value is -1.23. The molecule has 0 radical (unpaired) electrons. The minimum Gasteiger partial charge on any atom is -0.508 e. The van der Waals surface area contributed by atoms with Crippen LogP contribution in [0, 0.1) is 5.92 Å². The molecule has 0 bridgehead atoms. The van der Waals surface area contributed by atoms with E-state index in [0.717, 1.165) is 37.4 Å². The number of halogens is 2. The van der Waals surface area contributed by atoms with Crippen LogP contribution in [0.1, 0.15) is 38.2 Å². The van der Waals surface area contributed by atoms with E-state index in [9.17, 15) is 9.90 Å². The lowest BCUT2D eigenvalue weighted by molar-refractivity contribution is -0.129. The van der Waals surface area contributed by atoms with Crippen LogP contribution in [-0.4, -0.2) is 54.0 Å². The second-order valence-corrected chi connectivity index (χ2v) is 7.69. The van der Waals surface area contributed by atoms with Crippen molar-refractivity contribution in [2.75, 3.05) is 27.2 Å². The van der Waals surface area contributed by atoms with Crippen LogP contribution < -0.4 is 0 Å². The SMILES string of the molecule is CN(C)CCN(C(=O)C=Cc1ccc(O)cc1Cl)[C@H]1CC[C@H](C)CC1.Cl. The third-order valence-electron chi connectivity index (χ3n) is 4.89. The van der Waals surface area contributed by atoms with Crippen molar-refractivity contribution in [2.45, 2.75) is 38.6 Å². The van der Waals surface area contributed by atoms with Gasteiger partial charge in [-0.3, -0.25) is 4.79 Å². The first kappa shape index (κ1) is 22.8. The number of phenolic OH excluding ortho intramolecular Hbond substituents is 1. The maximum Gasteiger partial charge on any atom is 0.246 e. The highest BCUT2D eigenvalue weighted by atomic mass is 35.5. The molecule has 1 saturated carbocycles. The summed E-state index contributed by atoms with van der Waals surface area (Å²) in [7, 11) is 4.05. The van der Waals surface area contributed by atoms with Crippen molar-refractivity contribution in [3.8, 4) is 5.75 Å². The highest BCUT2D eigenvalue weighted by molar-refractivity contribution is 6.32. The molecule has 1 fully saturated rings. The largest absolute Gasteiger partial charge is 0.508 e. The Morgan fingerprint density at radius 2 is 1.88 bits per heavy atom. The van der Waals surface area contributed by atoms with E-state index in [1.807, 2.05) is 19.0 Å². The summed E-state index contributed by atoms with van der Waals surface area (Å²) in [4.78, 5) is 16.9. The standard InChI is InChI=1S/C20H29ClN2O2.ClH/c1-15-4-8-17(9-5-15)23(13-12-22(2)3)20(25)11-7-16-6-10-18(24)14-19(16)21;/h6-7,10-11,14-15,17,24H,4-5,8-9,12-13H2,1-3H3;1H/t15-,17-;. The van der Waals surface area contributed by atoms with Gasteiger partial charge >= 0.3 is 0 Å². The Bertz CT molecular complexity index is 612. The molecule has 0 heterocycles. The fraction of sp³-hybridized carbons (Fsp3) is 0.550. The number of amides is 1. The molecule has 2 rings (SSSR count). The first-order valence-electron chi connectivity index (χ1n) is 8.98. The van der Waals surface area contributed by atoms with E-state index in [-0.39, 0.29) is 24.1 Å². The van der Waals surface area contributed by atoms with Crippen LogP contribution in [0.15, 0.2) is 24.3 Å². The minimum absolute atomic E-state index is 0. The molecule has 0 spiro atoms. The number of aromatic hydroxyl groups is 1. The van der Waals surface area contributed by atoms with Gasteiger partial charge in [0.25, 0.3) is 0 Å². The Morgan fingerprint density at radius 3 is 2.46 bits per heavy atom. The van der Waals surface area contributed by atoms with Crippen LogP contribution in [0.3, 0.4) is 0 Å². The molecule has 1 aromatic carbocycles. The van der Waals surface area contributed by atoms with Gasteiger partial charge in [0.1, 0.15) is 5.75 Å². The number of phenols is 1. The van der Waals surface area contributed by atoms with E-state index < -0.39 is 0 Å². The number of hydrogen-bond acceptors (Lipinski definition) is 3. The molecule has 1 amide bonds. The molecular weight excluding hydrogens is 371 g/mol. The normalized spacial score (nSPS) is 20.2. The van der Waals surface area contributed by atoms with Gasteiger partial charge in [-0.15, -0.1) is 12.4 Å². The number of benzene rings is 1. The molecule has 0 saturated heterocycles. The number of nitrogens with zero attached hydrogens (tertiary/aromatic N) is 2. The predicted molar refractivity (Wildman–Crippen MR) is 111 cm³/mol. The number of hydrogen-bond donors (Lipinski definition) is 1. The van der Waals surface area contributed by atoms with E-state index in [1.54, 1.807) is 24.3 Å². The van der Waals surface area contributed by atoms with E-state index in [1.165, 1.54) is 18.9 Å². The number of carbonyl (C=O) groups is 1. The third kappa shape index (κ3) is 6.82. The van der Waals surface area contributed by atoms with Gasteiger partial charge in [0.15, 0.2) is 0 Å². The van der Waals surface area contributed by atoms with Crippen LogP contribution in [0.25, 0.3) is 6.08 Å². The number of carbonyl (C=O) groups excluding carboxylic acids is 1. The van der Waals surface area contributed by atoms with Gasteiger partial charge < -0.3 is 14.9 Å². The Kier molecular flexibility index (Phi) is 9.48. The average molecular weight is 401 g/mol. The summed E-state index contributed by atoms with van der Waals surface area (Å²) in [6, 6.07) is 5.09. The summed E-state index contributed by atoms with van der Waals surface area (Å²) >= 11 is 6.12. The highest BCUT2D eigenvalue weighted by Crippen LogP contribution is 2.28. The van der Waals surface area contributed by atoms with Crippen molar-refractivity contribution in [1.82, 2.24) is 9.80 Å². The van der Waals surface area contributed by atoms with E-state index in [4.69, 9.17) is 11.6 Å².